The quantitative estimate of drug-likeness (QED) is 0.139. The summed E-state index contributed by atoms with van der Waals surface area (Å²) in [7, 11) is 0. The first-order valence-electron chi connectivity index (χ1n) is 22.3. The molecule has 0 unspecified atom stereocenters. The van der Waals surface area contributed by atoms with Gasteiger partial charge >= 0.3 is 0 Å². The molecule has 0 aliphatic rings. The van der Waals surface area contributed by atoms with E-state index in [9.17, 15) is 5.48 Å². The zero-order chi connectivity index (χ0) is 43.6. The molecule has 0 fully saturated rings. The Bertz CT molecular complexity index is 3510. The fraction of sp³-hybridized carbons (Fsp3) is 0. The molecular formula is C48H30O. The van der Waals surface area contributed by atoms with Gasteiger partial charge in [0.25, 0.3) is 0 Å². The number of benzene rings is 9. The van der Waals surface area contributed by atoms with E-state index >= 15 is 0 Å². The Morgan fingerprint density at radius 3 is 1.76 bits per heavy atom. The minimum Gasteiger partial charge on any atom is -0.455 e. The Labute approximate surface area is 302 Å². The van der Waals surface area contributed by atoms with Crippen molar-refractivity contribution in [3.63, 3.8) is 0 Å². The molecule has 0 radical (unpaired) electrons. The third kappa shape index (κ3) is 4.33. The summed E-state index contributed by atoms with van der Waals surface area (Å²) < 4.78 is 124. The minimum atomic E-state index is -0.728. The average molecular weight is 636 g/mol. The van der Waals surface area contributed by atoms with Gasteiger partial charge < -0.3 is 4.42 Å². The molecule has 0 bridgehead atoms. The smallest absolute Gasteiger partial charge is 0.143 e. The lowest BCUT2D eigenvalue weighted by atomic mass is 9.84. The third-order valence-corrected chi connectivity index (χ3v) is 9.20. The van der Waals surface area contributed by atoms with Gasteiger partial charge in [-0.1, -0.05) is 170 Å². The Morgan fingerprint density at radius 2 is 1.00 bits per heavy atom. The molecular weight excluding hydrogens is 593 g/mol. The van der Waals surface area contributed by atoms with Crippen LogP contribution in [0.1, 0.15) is 17.8 Å². The molecule has 0 N–H and O–H groups in total. The number of hydrogen-bond donors (Lipinski definition) is 0. The predicted molar refractivity (Wildman–Crippen MR) is 208 cm³/mol. The summed E-state index contributed by atoms with van der Waals surface area (Å²) in [5.41, 5.74) is 2.15. The van der Waals surface area contributed by atoms with Gasteiger partial charge in [0.15, 0.2) is 0 Å². The van der Waals surface area contributed by atoms with E-state index in [2.05, 4.69) is 0 Å². The second kappa shape index (κ2) is 11.1. The van der Waals surface area contributed by atoms with Gasteiger partial charge in [-0.15, -0.1) is 0 Å². The van der Waals surface area contributed by atoms with Crippen LogP contribution < -0.4 is 0 Å². The van der Waals surface area contributed by atoms with Crippen molar-refractivity contribution in [2.45, 2.75) is 0 Å². The molecule has 0 aliphatic heterocycles. The first-order valence-corrected chi connectivity index (χ1v) is 15.8. The maximum Gasteiger partial charge on any atom is 0.143 e. The molecule has 10 rings (SSSR count). The SMILES string of the molecule is [2H]c1c([2H])c([2H])c(-c2c3c([2H])c([2H])c([2H])c([2H])c3c(-c3c(-c4cccc5c4ccc4ccccc45)oc4cc(-c5ccccc5)ccc34)c3c([2H])c([2H])c([2H])c([2H])c23)c([2H])c1[2H]. The lowest BCUT2D eigenvalue weighted by Gasteiger charge is -2.18. The standard InChI is InChI=1S/C48H30O/c1-3-14-31(15-4-1)34-27-29-43-44(30-34)49-48(42-25-13-24-36-35-19-8-7-16-32(35)26-28-37(36)42)47(43)46-40-22-11-9-20-38(40)45(33-17-5-2-6-18-33)39-21-10-12-23-41(39)46/h1-30H/i2D,5D,6D,9D,10D,11D,12D,17D,18D,20D,21D,22D,23D. The molecule has 228 valence electrons. The lowest BCUT2D eigenvalue weighted by molar-refractivity contribution is 0.633. The van der Waals surface area contributed by atoms with Gasteiger partial charge in [0.05, 0.1) is 17.8 Å². The largest absolute Gasteiger partial charge is 0.455 e. The number of fused-ring (bicyclic) bond motifs is 6. The van der Waals surface area contributed by atoms with Crippen molar-refractivity contribution in [3.8, 4) is 44.7 Å². The number of rotatable bonds is 4. The highest BCUT2D eigenvalue weighted by molar-refractivity contribution is 6.25. The van der Waals surface area contributed by atoms with E-state index in [0.717, 1.165) is 32.7 Å². The molecule has 1 nitrogen and oxygen atoms in total. The van der Waals surface area contributed by atoms with E-state index in [0.29, 0.717) is 16.5 Å². The summed E-state index contributed by atoms with van der Waals surface area (Å²) in [5, 5.41) is 3.18. The van der Waals surface area contributed by atoms with Crippen LogP contribution in [0.2, 0.25) is 0 Å². The third-order valence-electron chi connectivity index (χ3n) is 9.20. The van der Waals surface area contributed by atoms with Crippen LogP contribution in [-0.2, 0) is 0 Å². The zero-order valence-corrected chi connectivity index (χ0v) is 25.7. The van der Waals surface area contributed by atoms with Crippen LogP contribution in [0.4, 0.5) is 0 Å². The summed E-state index contributed by atoms with van der Waals surface area (Å²) in [6, 6.07) is 24.2. The van der Waals surface area contributed by atoms with E-state index < -0.39 is 84.1 Å². The van der Waals surface area contributed by atoms with Gasteiger partial charge in [0, 0.05) is 22.1 Å². The van der Waals surface area contributed by atoms with Crippen molar-refractivity contribution in [1.29, 1.82) is 0 Å². The van der Waals surface area contributed by atoms with Gasteiger partial charge in [-0.25, -0.2) is 0 Å². The summed E-state index contributed by atoms with van der Waals surface area (Å²) in [6.07, 6.45) is 0. The molecule has 0 atom stereocenters. The highest BCUT2D eigenvalue weighted by Gasteiger charge is 2.25. The Kier molecular flexibility index (Phi) is 3.99. The van der Waals surface area contributed by atoms with Crippen molar-refractivity contribution in [2.24, 2.45) is 0 Å². The average Bonchev–Trinajstić information content (AvgIpc) is 3.67. The number of hydrogen-bond acceptors (Lipinski definition) is 1. The number of furan rings is 1. The van der Waals surface area contributed by atoms with Gasteiger partial charge in [-0.05, 0) is 77.5 Å². The van der Waals surface area contributed by atoms with E-state index in [1.54, 1.807) is 0 Å². The molecule has 0 aliphatic carbocycles. The minimum absolute atomic E-state index is 0.00381. The highest BCUT2D eigenvalue weighted by atomic mass is 16.3. The van der Waals surface area contributed by atoms with Crippen LogP contribution >= 0.6 is 0 Å². The van der Waals surface area contributed by atoms with Crippen LogP contribution in [0.5, 0.6) is 0 Å². The first kappa shape index (κ1) is 17.6. The summed E-state index contributed by atoms with van der Waals surface area (Å²) in [6.45, 7) is 0. The monoisotopic (exact) mass is 635 g/mol. The van der Waals surface area contributed by atoms with Crippen LogP contribution in [0.3, 0.4) is 0 Å². The van der Waals surface area contributed by atoms with E-state index in [-0.39, 0.29) is 44.0 Å². The van der Waals surface area contributed by atoms with E-state index in [1.165, 1.54) is 0 Å². The molecule has 10 aromatic rings. The summed E-state index contributed by atoms with van der Waals surface area (Å²) in [5.74, 6) is 0.254. The van der Waals surface area contributed by atoms with E-state index in [1.807, 2.05) is 103 Å². The van der Waals surface area contributed by atoms with Gasteiger partial charge in [0.1, 0.15) is 11.3 Å². The van der Waals surface area contributed by atoms with Crippen molar-refractivity contribution in [1.82, 2.24) is 0 Å². The molecule has 9 aromatic carbocycles. The fourth-order valence-corrected chi connectivity index (χ4v) is 7.08. The van der Waals surface area contributed by atoms with Gasteiger partial charge in [-0.3, -0.25) is 0 Å². The second-order valence-corrected chi connectivity index (χ2v) is 11.8. The van der Waals surface area contributed by atoms with Crippen LogP contribution in [0, 0.1) is 0 Å². The molecule has 0 saturated heterocycles. The topological polar surface area (TPSA) is 13.1 Å². The Morgan fingerprint density at radius 1 is 0.367 bits per heavy atom. The molecule has 1 heterocycles. The Balaban J connectivity index is 1.50. The Hall–Kier alpha value is -6.44. The molecule has 49 heavy (non-hydrogen) atoms. The molecule has 1 aromatic heterocycles. The molecule has 0 amide bonds. The first-order chi connectivity index (χ1) is 29.7. The van der Waals surface area contributed by atoms with E-state index in [4.69, 9.17) is 16.8 Å². The maximum atomic E-state index is 9.59. The molecule has 1 heteroatoms. The van der Waals surface area contributed by atoms with Crippen molar-refractivity contribution in [2.75, 3.05) is 0 Å². The molecule has 0 saturated carbocycles. The van der Waals surface area contributed by atoms with Gasteiger partial charge in [-0.2, -0.15) is 0 Å². The zero-order valence-electron chi connectivity index (χ0n) is 38.7. The maximum absolute atomic E-state index is 9.59. The fourth-order valence-electron chi connectivity index (χ4n) is 7.08. The lowest BCUT2D eigenvalue weighted by Crippen LogP contribution is -1.92. The highest BCUT2D eigenvalue weighted by Crippen LogP contribution is 2.51. The molecule has 0 spiro atoms. The predicted octanol–water partition coefficient (Wildman–Crippen LogP) is 13.7. The summed E-state index contributed by atoms with van der Waals surface area (Å²) >= 11 is 0. The summed E-state index contributed by atoms with van der Waals surface area (Å²) in [4.78, 5) is 0. The van der Waals surface area contributed by atoms with Crippen LogP contribution in [0.25, 0.3) is 98.8 Å². The van der Waals surface area contributed by atoms with Crippen LogP contribution in [0.15, 0.2) is 186 Å². The van der Waals surface area contributed by atoms with Crippen molar-refractivity contribution >= 4 is 54.1 Å². The van der Waals surface area contributed by atoms with Crippen molar-refractivity contribution < 1.29 is 22.2 Å². The van der Waals surface area contributed by atoms with Crippen LogP contribution in [-0.4, -0.2) is 0 Å². The van der Waals surface area contributed by atoms with Crippen molar-refractivity contribution in [3.05, 3.63) is 182 Å². The second-order valence-electron chi connectivity index (χ2n) is 11.8. The normalized spacial score (nSPS) is 15.4. The van der Waals surface area contributed by atoms with Gasteiger partial charge in [0.2, 0.25) is 0 Å².